The number of Topliss-reactive ketones (excluding diaryl/α,β-unsaturated/α-hetero) is 1. The third kappa shape index (κ3) is 4.82. The third-order valence-electron chi connectivity index (χ3n) is 6.15. The van der Waals surface area contributed by atoms with Gasteiger partial charge in [0.05, 0.1) is 29.9 Å². The number of phenolic OH excluding ortho intramolecular Hbond substituents is 1. The summed E-state index contributed by atoms with van der Waals surface area (Å²) < 4.78 is 4.75. The maximum Gasteiger partial charge on any atom is 0.337 e. The van der Waals surface area contributed by atoms with Crippen molar-refractivity contribution in [1.29, 1.82) is 0 Å². The second kappa shape index (κ2) is 10.5. The Morgan fingerprint density at radius 1 is 1.09 bits per heavy atom. The van der Waals surface area contributed by atoms with Crippen LogP contribution in [0.5, 0.6) is 5.75 Å². The minimum absolute atomic E-state index is 0.0814. The average molecular weight is 467 g/mol. The number of hydrogen-bond donors (Lipinski definition) is 2. The largest absolute Gasteiger partial charge is 0.507 e. The number of carbonyl (C=O) groups excluding carboxylic acids is 3. The highest BCUT2D eigenvalue weighted by Gasteiger charge is 2.46. The van der Waals surface area contributed by atoms with Crippen molar-refractivity contribution in [2.24, 2.45) is 0 Å². The number of aliphatic hydroxyl groups excluding tert-OH is 1. The van der Waals surface area contributed by atoms with Crippen molar-refractivity contribution < 1.29 is 29.3 Å². The zero-order valence-electron chi connectivity index (χ0n) is 19.9. The molecule has 180 valence electrons. The quantitative estimate of drug-likeness (QED) is 0.266. The van der Waals surface area contributed by atoms with Gasteiger partial charge in [-0.2, -0.15) is 0 Å². The van der Waals surface area contributed by atoms with E-state index in [0.717, 1.165) is 18.7 Å². The topological polar surface area (TPSA) is 107 Å². The maximum atomic E-state index is 13.1. The molecule has 0 aliphatic carbocycles. The van der Waals surface area contributed by atoms with Crippen molar-refractivity contribution in [3.8, 4) is 5.75 Å². The predicted molar refractivity (Wildman–Crippen MR) is 127 cm³/mol. The second-order valence-corrected chi connectivity index (χ2v) is 8.15. The second-order valence-electron chi connectivity index (χ2n) is 8.15. The number of carbonyl (C=O) groups is 3. The monoisotopic (exact) mass is 466 g/mol. The van der Waals surface area contributed by atoms with E-state index in [0.29, 0.717) is 17.7 Å². The fourth-order valence-electron chi connectivity index (χ4n) is 4.15. The first kappa shape index (κ1) is 25.0. The molecule has 8 heteroatoms. The maximum absolute atomic E-state index is 13.1. The summed E-state index contributed by atoms with van der Waals surface area (Å²) in [5.74, 6) is -2.68. The van der Waals surface area contributed by atoms with Crippen LogP contribution in [-0.4, -0.2) is 71.0 Å². The number of amides is 1. The highest BCUT2D eigenvalue weighted by atomic mass is 16.5. The van der Waals surface area contributed by atoms with E-state index in [1.807, 2.05) is 13.8 Å². The Labute approximate surface area is 199 Å². The van der Waals surface area contributed by atoms with Crippen LogP contribution in [0.25, 0.3) is 5.76 Å². The van der Waals surface area contributed by atoms with Gasteiger partial charge < -0.3 is 24.7 Å². The van der Waals surface area contributed by atoms with E-state index >= 15 is 0 Å². The van der Waals surface area contributed by atoms with Gasteiger partial charge in [0.2, 0.25) is 0 Å². The average Bonchev–Trinajstić information content (AvgIpc) is 3.10. The number of esters is 1. The van der Waals surface area contributed by atoms with Crippen LogP contribution < -0.4 is 0 Å². The summed E-state index contributed by atoms with van der Waals surface area (Å²) in [6, 6.07) is 10.2. The fourth-order valence-corrected chi connectivity index (χ4v) is 4.15. The Hall–Kier alpha value is -3.65. The molecule has 1 heterocycles. The highest BCUT2D eigenvalue weighted by Crippen LogP contribution is 2.40. The molecule has 2 aromatic rings. The van der Waals surface area contributed by atoms with Crippen LogP contribution in [-0.2, 0) is 14.3 Å². The summed E-state index contributed by atoms with van der Waals surface area (Å²) >= 11 is 0. The molecule has 0 aromatic heterocycles. The van der Waals surface area contributed by atoms with Crippen LogP contribution in [0.15, 0.2) is 48.0 Å². The summed E-state index contributed by atoms with van der Waals surface area (Å²) in [5.41, 5.74) is 1.63. The van der Waals surface area contributed by atoms with Gasteiger partial charge >= 0.3 is 5.97 Å². The third-order valence-corrected chi connectivity index (χ3v) is 6.15. The van der Waals surface area contributed by atoms with Gasteiger partial charge in [0, 0.05) is 13.1 Å². The molecule has 0 radical (unpaired) electrons. The summed E-state index contributed by atoms with van der Waals surface area (Å²) in [7, 11) is 1.28. The summed E-state index contributed by atoms with van der Waals surface area (Å²) in [6.07, 6.45) is 0. The van der Waals surface area contributed by atoms with Crippen LogP contribution in [0.2, 0.25) is 0 Å². The molecular weight excluding hydrogens is 436 g/mol. The van der Waals surface area contributed by atoms with Gasteiger partial charge in [0.15, 0.2) is 0 Å². The molecule has 0 bridgehead atoms. The number of ether oxygens (including phenoxy) is 1. The molecule has 0 spiro atoms. The number of rotatable bonds is 8. The van der Waals surface area contributed by atoms with Crippen molar-refractivity contribution in [2.45, 2.75) is 26.8 Å². The summed E-state index contributed by atoms with van der Waals surface area (Å²) in [4.78, 5) is 41.6. The number of nitrogens with zero attached hydrogens (tertiary/aromatic N) is 2. The van der Waals surface area contributed by atoms with Crippen molar-refractivity contribution >= 4 is 23.4 Å². The van der Waals surface area contributed by atoms with Gasteiger partial charge in [-0.25, -0.2) is 4.79 Å². The fraction of sp³-hybridized carbons (Fsp3) is 0.346. The standard InChI is InChI=1S/C26H30N2O6/c1-5-27(6-2)13-14-28-22(17-8-10-18(11-9-17)26(33)34-4)21(24(31)25(28)32)23(30)19-15-16(3)7-12-20(19)29/h7-12,15,22,29-30H,5-6,13-14H2,1-4H3/t22-/m1/s1. The highest BCUT2D eigenvalue weighted by molar-refractivity contribution is 6.46. The lowest BCUT2D eigenvalue weighted by Crippen LogP contribution is -2.38. The van der Waals surface area contributed by atoms with Gasteiger partial charge in [-0.05, 0) is 49.8 Å². The van der Waals surface area contributed by atoms with Gasteiger partial charge in [0.25, 0.3) is 11.7 Å². The molecule has 1 aliphatic rings. The zero-order valence-corrected chi connectivity index (χ0v) is 19.9. The van der Waals surface area contributed by atoms with E-state index in [2.05, 4.69) is 4.90 Å². The van der Waals surface area contributed by atoms with Gasteiger partial charge in [0.1, 0.15) is 11.5 Å². The molecule has 1 atom stereocenters. The van der Waals surface area contributed by atoms with Crippen molar-refractivity contribution in [3.05, 3.63) is 70.3 Å². The lowest BCUT2D eigenvalue weighted by Gasteiger charge is -2.28. The van der Waals surface area contributed by atoms with E-state index in [4.69, 9.17) is 4.74 Å². The van der Waals surface area contributed by atoms with Crippen LogP contribution >= 0.6 is 0 Å². The Kier molecular flexibility index (Phi) is 7.73. The number of aromatic hydroxyl groups is 1. The first-order valence-corrected chi connectivity index (χ1v) is 11.2. The van der Waals surface area contributed by atoms with E-state index in [9.17, 15) is 24.6 Å². The van der Waals surface area contributed by atoms with E-state index in [-0.39, 0.29) is 23.4 Å². The molecule has 2 aromatic carbocycles. The smallest absolute Gasteiger partial charge is 0.337 e. The lowest BCUT2D eigenvalue weighted by atomic mass is 9.94. The molecule has 1 saturated heterocycles. The minimum Gasteiger partial charge on any atom is -0.507 e. The summed E-state index contributed by atoms with van der Waals surface area (Å²) in [5, 5.41) is 21.5. The van der Waals surface area contributed by atoms with Gasteiger partial charge in [-0.15, -0.1) is 0 Å². The molecule has 2 N–H and O–H groups in total. The number of likely N-dealkylation sites (N-methyl/N-ethyl adjacent to an activating group) is 1. The molecule has 34 heavy (non-hydrogen) atoms. The molecule has 0 unspecified atom stereocenters. The number of phenols is 1. The normalized spacial score (nSPS) is 17.4. The number of benzene rings is 2. The number of ketones is 1. The van der Waals surface area contributed by atoms with E-state index in [1.54, 1.807) is 43.3 Å². The molecule has 1 fully saturated rings. The van der Waals surface area contributed by atoms with Crippen molar-refractivity contribution in [1.82, 2.24) is 9.80 Å². The predicted octanol–water partition coefficient (Wildman–Crippen LogP) is 3.25. The number of hydrogen-bond acceptors (Lipinski definition) is 7. The lowest BCUT2D eigenvalue weighted by molar-refractivity contribution is -0.140. The van der Waals surface area contributed by atoms with Crippen LogP contribution in [0, 0.1) is 6.92 Å². The SMILES string of the molecule is CCN(CC)CCN1C(=O)C(=O)C(=C(O)c2cc(C)ccc2O)[C@H]1c1ccc(C(=O)OC)cc1. The van der Waals surface area contributed by atoms with Crippen molar-refractivity contribution in [3.63, 3.8) is 0 Å². The van der Waals surface area contributed by atoms with Gasteiger partial charge in [-0.3, -0.25) is 9.59 Å². The van der Waals surface area contributed by atoms with E-state index < -0.39 is 29.5 Å². The number of aryl methyl sites for hydroxylation is 1. The number of methoxy groups -OCH3 is 1. The zero-order chi connectivity index (χ0) is 25.0. The Balaban J connectivity index is 2.14. The summed E-state index contributed by atoms with van der Waals surface area (Å²) in [6.45, 7) is 8.22. The minimum atomic E-state index is -0.873. The van der Waals surface area contributed by atoms with Crippen LogP contribution in [0.1, 0.15) is 46.9 Å². The molecule has 8 nitrogen and oxygen atoms in total. The Bertz CT molecular complexity index is 1120. The van der Waals surface area contributed by atoms with Gasteiger partial charge in [-0.1, -0.05) is 37.6 Å². The Morgan fingerprint density at radius 3 is 2.32 bits per heavy atom. The molecule has 1 amide bonds. The molecule has 3 rings (SSSR count). The number of likely N-dealkylation sites (tertiary alicyclic amines) is 1. The molecule has 0 saturated carbocycles. The first-order chi connectivity index (χ1) is 16.2. The molecule has 1 aliphatic heterocycles. The molecular formula is C26H30N2O6. The van der Waals surface area contributed by atoms with Crippen LogP contribution in [0.4, 0.5) is 0 Å². The Morgan fingerprint density at radius 2 is 1.74 bits per heavy atom. The van der Waals surface area contributed by atoms with Crippen LogP contribution in [0.3, 0.4) is 0 Å². The van der Waals surface area contributed by atoms with E-state index in [1.165, 1.54) is 18.1 Å². The number of aliphatic hydroxyl groups is 1. The first-order valence-electron chi connectivity index (χ1n) is 11.2. The van der Waals surface area contributed by atoms with Crippen molar-refractivity contribution in [2.75, 3.05) is 33.3 Å².